The molecule has 0 aromatic carbocycles. The summed E-state index contributed by atoms with van der Waals surface area (Å²) in [7, 11) is 1.62. The Kier molecular flexibility index (Phi) is 4.37. The highest BCUT2D eigenvalue weighted by Crippen LogP contribution is 2.16. The van der Waals surface area contributed by atoms with Crippen molar-refractivity contribution in [1.82, 2.24) is 0 Å². The molecular weight excluding hydrogens is 164 g/mol. The van der Waals surface area contributed by atoms with E-state index in [-0.39, 0.29) is 11.5 Å². The van der Waals surface area contributed by atoms with Gasteiger partial charge < -0.3 is 9.47 Å². The molecule has 0 saturated heterocycles. The molecule has 0 aromatic heterocycles. The smallest absolute Gasteiger partial charge is 0.162 e. The number of hydrogen-bond acceptors (Lipinski definition) is 2. The van der Waals surface area contributed by atoms with Gasteiger partial charge in [-0.05, 0) is 27.7 Å². The summed E-state index contributed by atoms with van der Waals surface area (Å²) in [5.74, 6) is -0.539. The topological polar surface area (TPSA) is 18.5 Å². The molecule has 0 aliphatic rings. The van der Waals surface area contributed by atoms with Crippen molar-refractivity contribution in [1.29, 1.82) is 0 Å². The summed E-state index contributed by atoms with van der Waals surface area (Å²) in [5, 5.41) is 0.00410. The Balaban J connectivity index is 3.83. The lowest BCUT2D eigenvalue weighted by atomic mass is 10.3. The summed E-state index contributed by atoms with van der Waals surface area (Å²) in [6.07, 6.45) is 0.00613. The summed E-state index contributed by atoms with van der Waals surface area (Å²) in [6, 6.07) is 0. The largest absolute Gasteiger partial charge is 0.354 e. The van der Waals surface area contributed by atoms with Crippen LogP contribution in [0.25, 0.3) is 0 Å². The second-order valence-corrected chi connectivity index (χ2v) is 3.79. The van der Waals surface area contributed by atoms with Crippen molar-refractivity contribution in [2.75, 3.05) is 7.11 Å². The zero-order chi connectivity index (χ0) is 9.07. The monoisotopic (exact) mass is 180 g/mol. The Morgan fingerprint density at radius 3 is 2.00 bits per heavy atom. The fourth-order valence-corrected chi connectivity index (χ4v) is 0.641. The Morgan fingerprint density at radius 1 is 1.27 bits per heavy atom. The average molecular weight is 181 g/mol. The van der Waals surface area contributed by atoms with E-state index in [0.29, 0.717) is 0 Å². The first-order chi connectivity index (χ1) is 4.89. The number of halogens is 1. The van der Waals surface area contributed by atoms with Gasteiger partial charge in [0.1, 0.15) is 0 Å². The molecule has 0 aromatic rings. The van der Waals surface area contributed by atoms with Gasteiger partial charge in [-0.15, -0.1) is 11.6 Å². The fourth-order valence-electron chi connectivity index (χ4n) is 0.590. The zero-order valence-electron chi connectivity index (χ0n) is 7.85. The van der Waals surface area contributed by atoms with Crippen LogP contribution in [0.2, 0.25) is 0 Å². The molecule has 0 fully saturated rings. The first-order valence-electron chi connectivity index (χ1n) is 3.76. The van der Waals surface area contributed by atoms with Crippen molar-refractivity contribution in [2.24, 2.45) is 0 Å². The van der Waals surface area contributed by atoms with Crippen LogP contribution < -0.4 is 0 Å². The van der Waals surface area contributed by atoms with Gasteiger partial charge in [-0.3, -0.25) is 0 Å². The molecule has 0 N–H and O–H groups in total. The third kappa shape index (κ3) is 4.62. The molecule has 0 rings (SSSR count). The number of alkyl halides is 1. The van der Waals surface area contributed by atoms with Gasteiger partial charge in [0.15, 0.2) is 5.79 Å². The van der Waals surface area contributed by atoms with E-state index in [1.54, 1.807) is 7.11 Å². The molecule has 0 aliphatic carbocycles. The molecule has 68 valence electrons. The van der Waals surface area contributed by atoms with Gasteiger partial charge in [-0.1, -0.05) is 0 Å². The summed E-state index contributed by atoms with van der Waals surface area (Å²) >= 11 is 5.81. The van der Waals surface area contributed by atoms with E-state index < -0.39 is 5.79 Å². The van der Waals surface area contributed by atoms with Crippen molar-refractivity contribution in [2.45, 2.75) is 45.0 Å². The van der Waals surface area contributed by atoms with Crippen molar-refractivity contribution >= 4 is 11.6 Å². The highest BCUT2D eigenvalue weighted by Gasteiger charge is 2.22. The second-order valence-electron chi connectivity index (χ2n) is 3.10. The molecule has 0 aliphatic heterocycles. The van der Waals surface area contributed by atoms with Crippen LogP contribution in [-0.2, 0) is 9.47 Å². The molecule has 11 heavy (non-hydrogen) atoms. The molecule has 0 bridgehead atoms. The van der Waals surface area contributed by atoms with Gasteiger partial charge in [-0.2, -0.15) is 0 Å². The summed E-state index contributed by atoms with van der Waals surface area (Å²) < 4.78 is 10.6. The lowest BCUT2D eigenvalue weighted by Gasteiger charge is -2.28. The first kappa shape index (κ1) is 11.2. The van der Waals surface area contributed by atoms with Gasteiger partial charge in [0.2, 0.25) is 0 Å². The third-order valence-electron chi connectivity index (χ3n) is 1.61. The molecule has 0 heterocycles. The van der Waals surface area contributed by atoms with Crippen LogP contribution in [0.15, 0.2) is 0 Å². The molecule has 2 atom stereocenters. The Labute approximate surface area is 73.8 Å². The fraction of sp³-hybridized carbons (Fsp3) is 1.00. The SMILES string of the molecule is COC(C)(C)O[C@@H](C)C(C)Cl. The molecule has 1 unspecified atom stereocenters. The minimum atomic E-state index is -0.539. The molecule has 0 spiro atoms. The zero-order valence-corrected chi connectivity index (χ0v) is 8.61. The molecule has 3 heteroatoms. The summed E-state index contributed by atoms with van der Waals surface area (Å²) in [5.41, 5.74) is 0. The van der Waals surface area contributed by atoms with Crippen molar-refractivity contribution in [3.05, 3.63) is 0 Å². The molecule has 2 nitrogen and oxygen atoms in total. The van der Waals surface area contributed by atoms with Crippen LogP contribution in [0.5, 0.6) is 0 Å². The Morgan fingerprint density at radius 2 is 1.73 bits per heavy atom. The average Bonchev–Trinajstić information content (AvgIpc) is 1.87. The van der Waals surface area contributed by atoms with Crippen LogP contribution in [-0.4, -0.2) is 24.4 Å². The minimum absolute atomic E-state index is 0.00410. The van der Waals surface area contributed by atoms with Gasteiger partial charge in [0.05, 0.1) is 11.5 Å². The van der Waals surface area contributed by atoms with E-state index in [0.717, 1.165) is 0 Å². The number of rotatable bonds is 4. The van der Waals surface area contributed by atoms with Crippen LogP contribution >= 0.6 is 11.6 Å². The molecular formula is C8H17ClO2. The third-order valence-corrected chi connectivity index (χ3v) is 1.96. The van der Waals surface area contributed by atoms with Crippen LogP contribution in [0.4, 0.5) is 0 Å². The maximum absolute atomic E-state index is 5.81. The van der Waals surface area contributed by atoms with E-state index in [2.05, 4.69) is 0 Å². The maximum Gasteiger partial charge on any atom is 0.162 e. The first-order valence-corrected chi connectivity index (χ1v) is 4.19. The predicted molar refractivity (Wildman–Crippen MR) is 47.0 cm³/mol. The molecule has 0 radical (unpaired) electrons. The molecule has 0 saturated carbocycles. The second kappa shape index (κ2) is 4.29. The van der Waals surface area contributed by atoms with Crippen molar-refractivity contribution < 1.29 is 9.47 Å². The van der Waals surface area contributed by atoms with E-state index in [1.165, 1.54) is 0 Å². The Bertz CT molecular complexity index is 113. The highest BCUT2D eigenvalue weighted by molar-refractivity contribution is 6.20. The Hall–Kier alpha value is 0.210. The van der Waals surface area contributed by atoms with Gasteiger partial charge in [-0.25, -0.2) is 0 Å². The normalized spacial score (nSPS) is 18.0. The number of ether oxygens (including phenoxy) is 2. The lowest BCUT2D eigenvalue weighted by Crippen LogP contribution is -2.34. The number of hydrogen-bond donors (Lipinski definition) is 0. The van der Waals surface area contributed by atoms with Gasteiger partial charge in [0, 0.05) is 7.11 Å². The van der Waals surface area contributed by atoms with E-state index in [4.69, 9.17) is 21.1 Å². The van der Waals surface area contributed by atoms with Crippen molar-refractivity contribution in [3.63, 3.8) is 0 Å². The van der Waals surface area contributed by atoms with Gasteiger partial charge in [0.25, 0.3) is 0 Å². The maximum atomic E-state index is 5.81. The van der Waals surface area contributed by atoms with E-state index in [1.807, 2.05) is 27.7 Å². The van der Waals surface area contributed by atoms with Crippen molar-refractivity contribution in [3.8, 4) is 0 Å². The number of methoxy groups -OCH3 is 1. The summed E-state index contributed by atoms with van der Waals surface area (Å²) in [6.45, 7) is 7.56. The van der Waals surface area contributed by atoms with Crippen LogP contribution in [0.1, 0.15) is 27.7 Å². The van der Waals surface area contributed by atoms with E-state index >= 15 is 0 Å². The van der Waals surface area contributed by atoms with E-state index in [9.17, 15) is 0 Å². The lowest BCUT2D eigenvalue weighted by molar-refractivity contribution is -0.219. The van der Waals surface area contributed by atoms with Crippen LogP contribution in [0, 0.1) is 0 Å². The molecule has 0 amide bonds. The highest BCUT2D eigenvalue weighted by atomic mass is 35.5. The van der Waals surface area contributed by atoms with Gasteiger partial charge >= 0.3 is 0 Å². The predicted octanol–water partition coefficient (Wildman–Crippen LogP) is 2.40. The van der Waals surface area contributed by atoms with Crippen LogP contribution in [0.3, 0.4) is 0 Å². The standard InChI is InChI=1S/C8H17ClO2/c1-6(9)7(2)11-8(3,4)10-5/h6-7H,1-5H3/t6?,7-/m0/s1. The summed E-state index contributed by atoms with van der Waals surface area (Å²) in [4.78, 5) is 0. The minimum Gasteiger partial charge on any atom is -0.354 e. The quantitative estimate of drug-likeness (QED) is 0.489.